The van der Waals surface area contributed by atoms with Crippen LogP contribution in [-0.4, -0.2) is 25.1 Å². The summed E-state index contributed by atoms with van der Waals surface area (Å²) in [5, 5.41) is 3.59. The Morgan fingerprint density at radius 3 is 3.06 bits per heavy atom. The minimum Gasteiger partial charge on any atom is -0.360 e. The smallest absolute Gasteiger partial charge is 0.133 e. The van der Waals surface area contributed by atoms with E-state index in [1.807, 2.05) is 12.3 Å². The second kappa shape index (κ2) is 5.30. The quantitative estimate of drug-likeness (QED) is 0.846. The average Bonchev–Trinajstić information content (AvgIpc) is 2.39. The largest absolute Gasteiger partial charge is 0.360 e. The fraction of sp³-hybridized carbons (Fsp3) is 0.615. The highest BCUT2D eigenvalue weighted by atomic mass is 15.2. The number of hydrogen-bond acceptors (Lipinski definition) is 3. The van der Waals surface area contributed by atoms with Gasteiger partial charge in [-0.15, -0.1) is 0 Å². The van der Waals surface area contributed by atoms with Gasteiger partial charge in [-0.1, -0.05) is 12.5 Å². The van der Waals surface area contributed by atoms with Crippen LogP contribution in [0.5, 0.6) is 0 Å². The van der Waals surface area contributed by atoms with Crippen LogP contribution in [0, 0.1) is 0 Å². The molecule has 0 aliphatic carbocycles. The Morgan fingerprint density at radius 1 is 1.50 bits per heavy atom. The van der Waals surface area contributed by atoms with Crippen molar-refractivity contribution in [2.24, 2.45) is 0 Å². The van der Waals surface area contributed by atoms with E-state index >= 15 is 0 Å². The first kappa shape index (κ1) is 11.4. The van der Waals surface area contributed by atoms with E-state index < -0.39 is 0 Å². The number of piperidine rings is 1. The van der Waals surface area contributed by atoms with Crippen molar-refractivity contribution >= 4 is 5.82 Å². The monoisotopic (exact) mass is 219 g/mol. The zero-order valence-electron chi connectivity index (χ0n) is 10.2. The Bertz CT molecular complexity index is 332. The molecule has 0 bridgehead atoms. The lowest BCUT2D eigenvalue weighted by Gasteiger charge is -2.28. The molecule has 88 valence electrons. The third-order valence-corrected chi connectivity index (χ3v) is 3.34. The van der Waals surface area contributed by atoms with Gasteiger partial charge in [-0.25, -0.2) is 4.98 Å². The normalized spacial score (nSPS) is 20.8. The summed E-state index contributed by atoms with van der Waals surface area (Å²) in [4.78, 5) is 6.72. The number of aromatic nitrogens is 1. The predicted molar refractivity (Wildman–Crippen MR) is 67.8 cm³/mol. The van der Waals surface area contributed by atoms with Crippen molar-refractivity contribution in [3.8, 4) is 0 Å². The second-order valence-corrected chi connectivity index (χ2v) is 4.43. The highest BCUT2D eigenvalue weighted by Gasteiger charge is 2.19. The van der Waals surface area contributed by atoms with Gasteiger partial charge in [0.15, 0.2) is 0 Å². The molecular formula is C13H21N3. The van der Waals surface area contributed by atoms with E-state index in [4.69, 9.17) is 0 Å². The van der Waals surface area contributed by atoms with Crippen LogP contribution in [0.4, 0.5) is 5.82 Å². The zero-order chi connectivity index (χ0) is 11.4. The Labute approximate surface area is 97.9 Å². The molecule has 0 unspecified atom stereocenters. The van der Waals surface area contributed by atoms with Crippen molar-refractivity contribution in [2.45, 2.75) is 32.2 Å². The van der Waals surface area contributed by atoms with E-state index in [2.05, 4.69) is 35.2 Å². The fourth-order valence-corrected chi connectivity index (χ4v) is 2.27. The zero-order valence-corrected chi connectivity index (χ0v) is 10.2. The molecule has 0 spiro atoms. The van der Waals surface area contributed by atoms with Crippen LogP contribution >= 0.6 is 0 Å². The van der Waals surface area contributed by atoms with Crippen LogP contribution in [0.15, 0.2) is 18.3 Å². The molecule has 0 aromatic carbocycles. The van der Waals surface area contributed by atoms with Crippen LogP contribution in [-0.2, 0) is 0 Å². The minimum atomic E-state index is 0.492. The second-order valence-electron chi connectivity index (χ2n) is 4.43. The number of nitrogens with one attached hydrogen (secondary N) is 1. The molecule has 1 aromatic heterocycles. The average molecular weight is 219 g/mol. The number of nitrogens with zero attached hydrogens (tertiary/aromatic N) is 2. The van der Waals surface area contributed by atoms with Crippen LogP contribution in [0.2, 0.25) is 0 Å². The third-order valence-electron chi connectivity index (χ3n) is 3.34. The van der Waals surface area contributed by atoms with Crippen LogP contribution in [0.1, 0.15) is 37.8 Å². The summed E-state index contributed by atoms with van der Waals surface area (Å²) in [7, 11) is 2.11. The topological polar surface area (TPSA) is 28.2 Å². The summed E-state index contributed by atoms with van der Waals surface area (Å²) in [6, 6.07) is 4.74. The first-order valence-corrected chi connectivity index (χ1v) is 6.22. The SMILES string of the molecule is CCN(C)c1ncccc1[C@@H]1CCCCN1. The Balaban J connectivity index is 2.24. The molecule has 0 radical (unpaired) electrons. The fourth-order valence-electron chi connectivity index (χ4n) is 2.27. The van der Waals surface area contributed by atoms with Gasteiger partial charge in [0.2, 0.25) is 0 Å². The third kappa shape index (κ3) is 2.35. The molecule has 1 aromatic rings. The molecule has 0 amide bonds. The van der Waals surface area contributed by atoms with Crippen molar-refractivity contribution in [3.63, 3.8) is 0 Å². The van der Waals surface area contributed by atoms with Gasteiger partial charge in [0.05, 0.1) is 0 Å². The summed E-state index contributed by atoms with van der Waals surface area (Å²) in [5.74, 6) is 1.13. The molecule has 0 saturated carbocycles. The van der Waals surface area contributed by atoms with Crippen LogP contribution < -0.4 is 10.2 Å². The Kier molecular flexibility index (Phi) is 3.78. The van der Waals surface area contributed by atoms with E-state index in [0.717, 1.165) is 18.9 Å². The molecule has 1 N–H and O–H groups in total. The number of hydrogen-bond donors (Lipinski definition) is 1. The molecule has 1 aliphatic heterocycles. The van der Waals surface area contributed by atoms with Crippen LogP contribution in [0.25, 0.3) is 0 Å². The molecule has 1 atom stereocenters. The molecule has 1 aliphatic rings. The summed E-state index contributed by atoms with van der Waals surface area (Å²) >= 11 is 0. The molecule has 2 rings (SSSR count). The Morgan fingerprint density at radius 2 is 2.38 bits per heavy atom. The van der Waals surface area contributed by atoms with Gasteiger partial charge >= 0.3 is 0 Å². The molecule has 3 nitrogen and oxygen atoms in total. The maximum Gasteiger partial charge on any atom is 0.133 e. The van der Waals surface area contributed by atoms with Crippen molar-refractivity contribution in [2.75, 3.05) is 25.0 Å². The lowest BCUT2D eigenvalue weighted by atomic mass is 9.98. The highest BCUT2D eigenvalue weighted by Crippen LogP contribution is 2.28. The molecule has 1 fully saturated rings. The first-order chi connectivity index (χ1) is 7.83. The molecular weight excluding hydrogens is 198 g/mol. The van der Waals surface area contributed by atoms with Gasteiger partial charge in [0.25, 0.3) is 0 Å². The lowest BCUT2D eigenvalue weighted by molar-refractivity contribution is 0.411. The molecule has 16 heavy (non-hydrogen) atoms. The molecule has 1 saturated heterocycles. The standard InChI is InChI=1S/C13H21N3/c1-3-16(2)13-11(7-6-10-15-13)12-8-4-5-9-14-12/h6-7,10,12,14H,3-5,8-9H2,1-2H3/t12-/m0/s1. The highest BCUT2D eigenvalue weighted by molar-refractivity contribution is 5.47. The predicted octanol–water partition coefficient (Wildman–Crippen LogP) is 2.35. The van der Waals surface area contributed by atoms with E-state index in [1.54, 1.807) is 0 Å². The number of pyridine rings is 1. The van der Waals surface area contributed by atoms with Crippen LogP contribution in [0.3, 0.4) is 0 Å². The molecule has 3 heteroatoms. The van der Waals surface area contributed by atoms with Gasteiger partial charge < -0.3 is 10.2 Å². The summed E-state index contributed by atoms with van der Waals surface area (Å²) in [6.07, 6.45) is 5.74. The number of rotatable bonds is 3. The van der Waals surface area contributed by atoms with E-state index in [-0.39, 0.29) is 0 Å². The first-order valence-electron chi connectivity index (χ1n) is 6.22. The van der Waals surface area contributed by atoms with Crippen molar-refractivity contribution in [3.05, 3.63) is 23.9 Å². The van der Waals surface area contributed by atoms with E-state index in [9.17, 15) is 0 Å². The van der Waals surface area contributed by atoms with Gasteiger partial charge in [-0.2, -0.15) is 0 Å². The van der Waals surface area contributed by atoms with E-state index in [0.29, 0.717) is 6.04 Å². The lowest BCUT2D eigenvalue weighted by Crippen LogP contribution is -2.29. The maximum absolute atomic E-state index is 4.51. The Hall–Kier alpha value is -1.09. The number of anilines is 1. The van der Waals surface area contributed by atoms with Gasteiger partial charge in [-0.05, 0) is 32.4 Å². The summed E-state index contributed by atoms with van der Waals surface area (Å²) in [6.45, 7) is 4.29. The van der Waals surface area contributed by atoms with Crippen molar-refractivity contribution in [1.29, 1.82) is 0 Å². The van der Waals surface area contributed by atoms with Crippen molar-refractivity contribution in [1.82, 2.24) is 10.3 Å². The van der Waals surface area contributed by atoms with E-state index in [1.165, 1.54) is 24.8 Å². The maximum atomic E-state index is 4.51. The minimum absolute atomic E-state index is 0.492. The summed E-state index contributed by atoms with van der Waals surface area (Å²) < 4.78 is 0. The van der Waals surface area contributed by atoms with Crippen molar-refractivity contribution < 1.29 is 0 Å². The van der Waals surface area contributed by atoms with Gasteiger partial charge in [-0.3, -0.25) is 0 Å². The molecule has 2 heterocycles. The van der Waals surface area contributed by atoms with Gasteiger partial charge in [0, 0.05) is 31.4 Å². The van der Waals surface area contributed by atoms with Gasteiger partial charge in [0.1, 0.15) is 5.82 Å². The summed E-state index contributed by atoms with van der Waals surface area (Å²) in [5.41, 5.74) is 1.35.